The standard InChI is InChI=1S/C12H13N2O3P/c1-13(2)4-3-6-9-7(14(16)12(6)15)5-8-10-11(9)18(8,10)17/h5,15-16H,3-4H2,1-2H3. The third kappa shape index (κ3) is 0.932. The maximum absolute atomic E-state index is 12.2. The van der Waals surface area contributed by atoms with E-state index in [0.717, 1.165) is 32.6 Å². The van der Waals surface area contributed by atoms with Crippen LogP contribution in [0.25, 0.3) is 10.9 Å². The van der Waals surface area contributed by atoms with Crippen molar-refractivity contribution in [2.24, 2.45) is 0 Å². The van der Waals surface area contributed by atoms with E-state index < -0.39 is 7.14 Å². The van der Waals surface area contributed by atoms with Crippen LogP contribution in [-0.2, 0) is 11.0 Å². The second-order valence-electron chi connectivity index (χ2n) is 5.26. The van der Waals surface area contributed by atoms with Gasteiger partial charge in [-0.1, -0.05) is 0 Å². The van der Waals surface area contributed by atoms with Crippen LogP contribution in [0.5, 0.6) is 5.88 Å². The molecule has 2 N–H and O–H groups in total. The molecule has 5 nitrogen and oxygen atoms in total. The van der Waals surface area contributed by atoms with E-state index in [0.29, 0.717) is 17.5 Å². The molecule has 0 amide bonds. The summed E-state index contributed by atoms with van der Waals surface area (Å²) in [5.41, 5.74) is 1.29. The van der Waals surface area contributed by atoms with E-state index in [9.17, 15) is 14.9 Å². The maximum atomic E-state index is 12.2. The van der Waals surface area contributed by atoms with E-state index in [1.54, 1.807) is 6.07 Å². The Morgan fingerprint density at radius 2 is 2.06 bits per heavy atom. The van der Waals surface area contributed by atoms with Crippen LogP contribution in [0.3, 0.4) is 0 Å². The fourth-order valence-electron chi connectivity index (χ4n) is 2.82. The number of benzene rings is 1. The van der Waals surface area contributed by atoms with Crippen molar-refractivity contribution in [1.29, 1.82) is 0 Å². The van der Waals surface area contributed by atoms with E-state index in [1.165, 1.54) is 0 Å². The molecule has 0 radical (unpaired) electrons. The van der Waals surface area contributed by atoms with Crippen molar-refractivity contribution in [3.63, 3.8) is 0 Å². The molecule has 4 heterocycles. The van der Waals surface area contributed by atoms with Crippen LogP contribution in [-0.4, -0.2) is 40.6 Å². The second-order valence-corrected chi connectivity index (χ2v) is 7.86. The lowest BCUT2D eigenvalue weighted by molar-refractivity contribution is 0.166. The second kappa shape index (κ2) is 2.76. The minimum absolute atomic E-state index is 0.119. The zero-order chi connectivity index (χ0) is 12.8. The highest BCUT2D eigenvalue weighted by Crippen LogP contribution is 2.68. The molecule has 1 aromatic carbocycles. The van der Waals surface area contributed by atoms with Gasteiger partial charge >= 0.3 is 0 Å². The summed E-state index contributed by atoms with van der Waals surface area (Å²) in [5.74, 6) is -0.119. The monoisotopic (exact) mass is 264 g/mol. The van der Waals surface area contributed by atoms with Gasteiger partial charge in [0.25, 0.3) is 0 Å². The molecule has 18 heavy (non-hydrogen) atoms. The Kier molecular flexibility index (Phi) is 1.60. The first-order valence-corrected chi connectivity index (χ1v) is 7.57. The summed E-state index contributed by atoms with van der Waals surface area (Å²) < 4.78 is 13.0. The molecular formula is C12H13N2O3P. The highest BCUT2D eigenvalue weighted by Gasteiger charge is 2.68. The van der Waals surface area contributed by atoms with Crippen LogP contribution in [0.1, 0.15) is 5.56 Å². The van der Waals surface area contributed by atoms with Crippen LogP contribution >= 0.6 is 7.14 Å². The number of hydrogen-bond donors (Lipinski definition) is 2. The summed E-state index contributed by atoms with van der Waals surface area (Å²) in [7, 11) is 1.70. The molecule has 0 fully saturated rings. The van der Waals surface area contributed by atoms with Gasteiger partial charge in [0, 0.05) is 33.4 Å². The summed E-state index contributed by atoms with van der Waals surface area (Å²) in [4.78, 5) is 2.01. The van der Waals surface area contributed by atoms with Crippen molar-refractivity contribution >= 4 is 34.0 Å². The summed E-state index contributed by atoms with van der Waals surface area (Å²) in [5, 5.41) is 23.4. The Morgan fingerprint density at radius 1 is 1.39 bits per heavy atom. The number of aromatic hydroxyl groups is 1. The molecule has 0 aliphatic carbocycles. The van der Waals surface area contributed by atoms with E-state index in [2.05, 4.69) is 0 Å². The molecule has 2 bridgehead atoms. The Hall–Kier alpha value is -1.45. The molecule has 5 rings (SSSR count). The van der Waals surface area contributed by atoms with Crippen molar-refractivity contribution in [3.05, 3.63) is 11.6 Å². The molecule has 3 aliphatic heterocycles. The van der Waals surface area contributed by atoms with Gasteiger partial charge in [-0.2, -0.15) is 4.73 Å². The molecule has 0 saturated heterocycles. The zero-order valence-electron chi connectivity index (χ0n) is 10.1. The van der Waals surface area contributed by atoms with Gasteiger partial charge in [-0.15, -0.1) is 0 Å². The average molecular weight is 264 g/mol. The van der Waals surface area contributed by atoms with Crippen molar-refractivity contribution in [2.45, 2.75) is 6.42 Å². The Morgan fingerprint density at radius 3 is 2.67 bits per heavy atom. The number of rotatable bonds is 3. The highest BCUT2D eigenvalue weighted by atomic mass is 31.2. The molecule has 3 aliphatic rings. The summed E-state index contributed by atoms with van der Waals surface area (Å²) in [6, 6.07) is 1.75. The lowest BCUT2D eigenvalue weighted by atomic mass is 10.1. The van der Waals surface area contributed by atoms with Gasteiger partial charge in [0.05, 0.1) is 5.52 Å². The molecule has 6 heteroatoms. The topological polar surface area (TPSA) is 65.7 Å². The third-order valence-corrected chi connectivity index (χ3v) is 6.67. The van der Waals surface area contributed by atoms with Crippen molar-refractivity contribution in [2.75, 3.05) is 20.6 Å². The van der Waals surface area contributed by atoms with Crippen LogP contribution in [0.2, 0.25) is 0 Å². The van der Waals surface area contributed by atoms with Gasteiger partial charge in [0.15, 0.2) is 7.14 Å². The summed E-state index contributed by atoms with van der Waals surface area (Å²) in [6.45, 7) is 0.771. The average Bonchev–Trinajstić information content (AvgIpc) is 3.11. The predicted octanol–water partition coefficient (Wildman–Crippen LogP) is -0.0455. The minimum atomic E-state index is -2.20. The molecule has 1 unspecified atom stereocenters. The quantitative estimate of drug-likeness (QED) is 0.402. The molecule has 0 spiro atoms. The number of nitrogens with zero attached hydrogens (tertiary/aromatic N) is 2. The fourth-order valence-corrected chi connectivity index (χ4v) is 5.67. The van der Waals surface area contributed by atoms with Crippen molar-refractivity contribution in [3.8, 4) is 5.88 Å². The normalized spacial score (nSPS) is 22.6. The zero-order valence-corrected chi connectivity index (χ0v) is 11.0. The van der Waals surface area contributed by atoms with Crippen LogP contribution < -0.4 is 15.9 Å². The predicted molar refractivity (Wildman–Crippen MR) is 69.6 cm³/mol. The summed E-state index contributed by atoms with van der Waals surface area (Å²) >= 11 is 0. The van der Waals surface area contributed by atoms with Gasteiger partial charge in [-0.3, -0.25) is 0 Å². The maximum Gasteiger partial charge on any atom is 0.229 e. The highest BCUT2D eigenvalue weighted by molar-refractivity contribution is 8.06. The first kappa shape index (κ1) is 10.5. The SMILES string of the molecule is CN(C)CCc1c(O)n(O)c2cc3c4c(c12)P34=O. The first-order chi connectivity index (χ1) is 8.48. The lowest BCUT2D eigenvalue weighted by Gasteiger charge is -2.08. The van der Waals surface area contributed by atoms with Gasteiger partial charge in [-0.05, 0) is 26.6 Å². The molecule has 0 saturated carbocycles. The van der Waals surface area contributed by atoms with E-state index in [-0.39, 0.29) is 5.88 Å². The number of hydrogen-bond acceptors (Lipinski definition) is 4. The molecule has 94 valence electrons. The van der Waals surface area contributed by atoms with Crippen LogP contribution in [0, 0.1) is 0 Å². The van der Waals surface area contributed by atoms with Gasteiger partial charge in [-0.25, -0.2) is 0 Å². The first-order valence-electron chi connectivity index (χ1n) is 5.87. The fraction of sp³-hybridized carbons (Fsp3) is 0.333. The number of likely N-dealkylation sites (N-methyl/N-ethyl adjacent to an activating group) is 1. The number of aromatic nitrogens is 1. The summed E-state index contributed by atoms with van der Waals surface area (Å²) in [6.07, 6.45) is 0.634. The Bertz CT molecular complexity index is 776. The van der Waals surface area contributed by atoms with E-state index >= 15 is 0 Å². The van der Waals surface area contributed by atoms with Gasteiger partial charge < -0.3 is 19.8 Å². The van der Waals surface area contributed by atoms with Crippen molar-refractivity contribution < 1.29 is 14.9 Å². The smallest absolute Gasteiger partial charge is 0.229 e. The van der Waals surface area contributed by atoms with Crippen molar-refractivity contribution in [1.82, 2.24) is 9.63 Å². The Balaban J connectivity index is 1.93. The van der Waals surface area contributed by atoms with Gasteiger partial charge in [0.1, 0.15) is 0 Å². The molecule has 1 atom stereocenters. The van der Waals surface area contributed by atoms with Gasteiger partial charge in [0.2, 0.25) is 5.88 Å². The lowest BCUT2D eigenvalue weighted by Crippen LogP contribution is -2.16. The minimum Gasteiger partial charge on any atom is -0.492 e. The molecule has 2 aromatic rings. The molecule has 1 aromatic heterocycles. The molecular weight excluding hydrogens is 251 g/mol. The van der Waals surface area contributed by atoms with E-state index in [1.807, 2.05) is 19.0 Å². The van der Waals surface area contributed by atoms with E-state index in [4.69, 9.17) is 0 Å². The third-order valence-electron chi connectivity index (χ3n) is 3.91. The van der Waals surface area contributed by atoms with Crippen LogP contribution in [0.4, 0.5) is 0 Å². The largest absolute Gasteiger partial charge is 0.492 e. The Labute approximate surface area is 104 Å². The van der Waals surface area contributed by atoms with Crippen LogP contribution in [0.15, 0.2) is 6.07 Å².